The quantitative estimate of drug-likeness (QED) is 0.826. The zero-order chi connectivity index (χ0) is 15.8. The monoisotopic (exact) mass is 312 g/mol. The fourth-order valence-electron chi connectivity index (χ4n) is 4.35. The summed E-state index contributed by atoms with van der Waals surface area (Å²) in [4.78, 5) is 11.6. The molecule has 3 nitrogen and oxygen atoms in total. The minimum atomic E-state index is 0.328. The second-order valence-electron chi connectivity index (χ2n) is 7.16. The van der Waals surface area contributed by atoms with Crippen molar-refractivity contribution >= 4 is 11.4 Å². The van der Waals surface area contributed by atoms with Crippen LogP contribution in [0.5, 0.6) is 11.5 Å². The van der Waals surface area contributed by atoms with Crippen LogP contribution in [0.1, 0.15) is 50.5 Å². The summed E-state index contributed by atoms with van der Waals surface area (Å²) in [5, 5.41) is 0. The van der Waals surface area contributed by atoms with Crippen molar-refractivity contribution in [2.75, 3.05) is 7.11 Å². The fraction of sp³-hybridized carbons (Fsp3) is 0.550. The van der Waals surface area contributed by atoms with E-state index in [0.29, 0.717) is 23.7 Å². The van der Waals surface area contributed by atoms with Crippen LogP contribution < -0.4 is 9.47 Å². The number of hydrogen-bond donors (Lipinski definition) is 0. The van der Waals surface area contributed by atoms with Gasteiger partial charge in [-0.15, -0.1) is 0 Å². The predicted octanol–water partition coefficient (Wildman–Crippen LogP) is 4.40. The van der Waals surface area contributed by atoms with Crippen molar-refractivity contribution in [1.29, 1.82) is 0 Å². The van der Waals surface area contributed by atoms with Crippen LogP contribution in [0.15, 0.2) is 24.3 Å². The molecule has 0 saturated heterocycles. The summed E-state index contributed by atoms with van der Waals surface area (Å²) in [6, 6.07) is 6.26. The van der Waals surface area contributed by atoms with Gasteiger partial charge in [-0.1, -0.05) is 12.1 Å². The number of fused-ring (bicyclic) bond motifs is 1. The van der Waals surface area contributed by atoms with Gasteiger partial charge in [0, 0.05) is 12.8 Å². The average molecular weight is 312 g/mol. The first-order chi connectivity index (χ1) is 11.2. The Hall–Kier alpha value is -1.77. The summed E-state index contributed by atoms with van der Waals surface area (Å²) >= 11 is 0. The Bertz CT molecular complexity index is 640. The Morgan fingerprint density at radius 2 is 1.87 bits per heavy atom. The zero-order valence-electron chi connectivity index (χ0n) is 13.7. The molecular weight excluding hydrogens is 288 g/mol. The maximum atomic E-state index is 11.6. The van der Waals surface area contributed by atoms with Gasteiger partial charge in [0.2, 0.25) is 0 Å². The van der Waals surface area contributed by atoms with Crippen molar-refractivity contribution < 1.29 is 14.3 Å². The molecule has 3 heteroatoms. The first-order valence-electron chi connectivity index (χ1n) is 8.80. The van der Waals surface area contributed by atoms with E-state index in [9.17, 15) is 4.79 Å². The van der Waals surface area contributed by atoms with E-state index in [4.69, 9.17) is 9.47 Å². The fourth-order valence-corrected chi connectivity index (χ4v) is 4.35. The number of rotatable bonds is 4. The molecule has 1 aromatic carbocycles. The SMILES string of the molecule is COc1ccc(C2=C[C@H]3CC(=O)C[C@H]3C2)cc1OC1CCCC1. The van der Waals surface area contributed by atoms with Gasteiger partial charge in [0.15, 0.2) is 11.5 Å². The number of methoxy groups -OCH3 is 1. The van der Waals surface area contributed by atoms with E-state index in [-0.39, 0.29) is 0 Å². The van der Waals surface area contributed by atoms with Crippen molar-refractivity contribution in [2.45, 2.75) is 51.0 Å². The molecule has 0 spiro atoms. The van der Waals surface area contributed by atoms with Gasteiger partial charge >= 0.3 is 0 Å². The minimum Gasteiger partial charge on any atom is -0.493 e. The Morgan fingerprint density at radius 3 is 2.61 bits per heavy atom. The van der Waals surface area contributed by atoms with E-state index in [1.807, 2.05) is 6.07 Å². The van der Waals surface area contributed by atoms with Crippen LogP contribution in [-0.4, -0.2) is 19.0 Å². The molecule has 2 saturated carbocycles. The first-order valence-corrected chi connectivity index (χ1v) is 8.80. The van der Waals surface area contributed by atoms with Crippen molar-refractivity contribution in [1.82, 2.24) is 0 Å². The van der Waals surface area contributed by atoms with Crippen molar-refractivity contribution in [3.05, 3.63) is 29.8 Å². The highest BCUT2D eigenvalue weighted by atomic mass is 16.5. The van der Waals surface area contributed by atoms with E-state index in [1.54, 1.807) is 7.11 Å². The molecule has 1 aromatic rings. The first kappa shape index (κ1) is 14.8. The van der Waals surface area contributed by atoms with Gasteiger partial charge in [-0.25, -0.2) is 0 Å². The summed E-state index contributed by atoms with van der Waals surface area (Å²) in [7, 11) is 1.70. The van der Waals surface area contributed by atoms with E-state index in [2.05, 4.69) is 18.2 Å². The molecule has 0 unspecified atom stereocenters. The highest BCUT2D eigenvalue weighted by Crippen LogP contribution is 2.45. The number of ether oxygens (including phenoxy) is 2. The van der Waals surface area contributed by atoms with E-state index >= 15 is 0 Å². The number of carbonyl (C=O) groups excluding carboxylic acids is 1. The number of benzene rings is 1. The number of ketones is 1. The lowest BCUT2D eigenvalue weighted by molar-refractivity contribution is -0.117. The molecule has 3 aliphatic carbocycles. The molecule has 0 N–H and O–H groups in total. The second kappa shape index (κ2) is 6.03. The van der Waals surface area contributed by atoms with Crippen LogP contribution in [0.3, 0.4) is 0 Å². The third-order valence-electron chi connectivity index (χ3n) is 5.59. The zero-order valence-corrected chi connectivity index (χ0v) is 13.7. The Kier molecular flexibility index (Phi) is 3.88. The normalized spacial score (nSPS) is 27.2. The van der Waals surface area contributed by atoms with Crippen LogP contribution in [0.4, 0.5) is 0 Å². The standard InChI is InChI=1S/C20H24O3/c1-22-19-7-6-13(12-20(19)23-18-4-2-3-5-18)14-8-15-10-17(21)11-16(15)9-14/h6-8,12,15-16,18H,2-5,9-11H2,1H3/t15-,16+/m0/s1. The van der Waals surface area contributed by atoms with Crippen LogP contribution >= 0.6 is 0 Å². The third kappa shape index (κ3) is 2.89. The van der Waals surface area contributed by atoms with Gasteiger partial charge in [0.25, 0.3) is 0 Å². The minimum absolute atomic E-state index is 0.328. The predicted molar refractivity (Wildman–Crippen MR) is 89.7 cm³/mol. The Labute approximate surface area is 137 Å². The molecule has 0 bridgehead atoms. The van der Waals surface area contributed by atoms with Gasteiger partial charge in [-0.3, -0.25) is 4.79 Å². The lowest BCUT2D eigenvalue weighted by Gasteiger charge is -2.17. The average Bonchev–Trinajstić information content (AvgIpc) is 3.23. The van der Waals surface area contributed by atoms with Gasteiger partial charge in [0.1, 0.15) is 5.78 Å². The van der Waals surface area contributed by atoms with Crippen LogP contribution in [0, 0.1) is 11.8 Å². The van der Waals surface area contributed by atoms with Gasteiger partial charge in [-0.2, -0.15) is 0 Å². The topological polar surface area (TPSA) is 35.5 Å². The van der Waals surface area contributed by atoms with E-state index in [1.165, 1.54) is 24.0 Å². The van der Waals surface area contributed by atoms with Gasteiger partial charge < -0.3 is 9.47 Å². The molecule has 2 fully saturated rings. The summed E-state index contributed by atoms with van der Waals surface area (Å²) in [5.41, 5.74) is 2.59. The second-order valence-corrected chi connectivity index (χ2v) is 7.16. The molecule has 4 rings (SSSR count). The van der Waals surface area contributed by atoms with Crippen LogP contribution in [0.2, 0.25) is 0 Å². The van der Waals surface area contributed by atoms with Crippen LogP contribution in [-0.2, 0) is 4.79 Å². The smallest absolute Gasteiger partial charge is 0.162 e. The van der Waals surface area contributed by atoms with Crippen LogP contribution in [0.25, 0.3) is 5.57 Å². The highest BCUT2D eigenvalue weighted by molar-refractivity contribution is 5.84. The van der Waals surface area contributed by atoms with Crippen molar-refractivity contribution in [3.63, 3.8) is 0 Å². The maximum Gasteiger partial charge on any atom is 0.162 e. The number of carbonyl (C=O) groups is 1. The molecule has 23 heavy (non-hydrogen) atoms. The molecule has 0 amide bonds. The number of Topliss-reactive ketones (excluding diaryl/α,β-unsaturated/α-hetero) is 1. The van der Waals surface area contributed by atoms with E-state index in [0.717, 1.165) is 43.6 Å². The molecule has 3 aliphatic rings. The largest absolute Gasteiger partial charge is 0.493 e. The Morgan fingerprint density at radius 1 is 1.04 bits per heavy atom. The number of allylic oxidation sites excluding steroid dienone is 2. The summed E-state index contributed by atoms with van der Waals surface area (Å²) < 4.78 is 11.7. The lowest BCUT2D eigenvalue weighted by Crippen LogP contribution is -2.11. The van der Waals surface area contributed by atoms with Gasteiger partial charge in [-0.05, 0) is 67.2 Å². The summed E-state index contributed by atoms with van der Waals surface area (Å²) in [5.74, 6) is 3.09. The molecule has 2 atom stereocenters. The summed E-state index contributed by atoms with van der Waals surface area (Å²) in [6.45, 7) is 0. The molecule has 0 aliphatic heterocycles. The van der Waals surface area contributed by atoms with Crippen molar-refractivity contribution in [2.24, 2.45) is 11.8 Å². The summed E-state index contributed by atoms with van der Waals surface area (Å²) in [6.07, 6.45) is 9.95. The van der Waals surface area contributed by atoms with E-state index < -0.39 is 0 Å². The number of hydrogen-bond acceptors (Lipinski definition) is 3. The molecular formula is C20H24O3. The molecule has 122 valence electrons. The lowest BCUT2D eigenvalue weighted by atomic mass is 9.98. The van der Waals surface area contributed by atoms with Gasteiger partial charge in [0.05, 0.1) is 13.2 Å². The highest BCUT2D eigenvalue weighted by Gasteiger charge is 2.36. The maximum absolute atomic E-state index is 11.6. The van der Waals surface area contributed by atoms with Crippen molar-refractivity contribution in [3.8, 4) is 11.5 Å². The molecule has 0 aromatic heterocycles. The third-order valence-corrected chi connectivity index (χ3v) is 5.59. The molecule has 0 heterocycles. The molecule has 0 radical (unpaired) electrons. The Balaban J connectivity index is 1.57.